The second kappa shape index (κ2) is 4.80. The summed E-state index contributed by atoms with van der Waals surface area (Å²) in [5.41, 5.74) is 2.88. The Morgan fingerprint density at radius 3 is 2.69 bits per heavy atom. The molecule has 1 aromatic rings. The monoisotopic (exact) mass is 240 g/mol. The third kappa shape index (κ3) is 3.15. The number of hydrogen-bond acceptors (Lipinski definition) is 0. The van der Waals surface area contributed by atoms with Crippen molar-refractivity contribution < 1.29 is 0 Å². The summed E-state index contributed by atoms with van der Waals surface area (Å²) in [6.45, 7) is 6.74. The first kappa shape index (κ1) is 10.8. The van der Waals surface area contributed by atoms with E-state index in [9.17, 15) is 0 Å². The zero-order valence-electron chi connectivity index (χ0n) is 8.60. The number of hydrogen-bond donors (Lipinski definition) is 0. The van der Waals surface area contributed by atoms with E-state index in [0.717, 1.165) is 5.92 Å². The van der Waals surface area contributed by atoms with Gasteiger partial charge in [0.1, 0.15) is 0 Å². The summed E-state index contributed by atoms with van der Waals surface area (Å²) >= 11 is 3.51. The molecule has 1 heteroatoms. The van der Waals surface area contributed by atoms with Crippen molar-refractivity contribution in [3.63, 3.8) is 0 Å². The number of benzene rings is 1. The number of rotatable bonds is 3. The number of aryl methyl sites for hydroxylation is 1. The molecule has 0 fully saturated rings. The third-order valence-corrected chi connectivity index (χ3v) is 3.07. The van der Waals surface area contributed by atoms with Crippen LogP contribution in [0.3, 0.4) is 0 Å². The first-order chi connectivity index (χ1) is 6.13. The summed E-state index contributed by atoms with van der Waals surface area (Å²) < 4.78 is 1.19. The Bertz CT molecular complexity index is 278. The van der Waals surface area contributed by atoms with Crippen molar-refractivity contribution in [2.24, 2.45) is 5.92 Å². The zero-order valence-corrected chi connectivity index (χ0v) is 10.2. The van der Waals surface area contributed by atoms with E-state index in [2.05, 4.69) is 54.9 Å². The van der Waals surface area contributed by atoms with Crippen LogP contribution in [0.1, 0.15) is 31.4 Å². The van der Waals surface area contributed by atoms with Crippen molar-refractivity contribution in [1.29, 1.82) is 0 Å². The molecule has 0 aliphatic carbocycles. The van der Waals surface area contributed by atoms with Gasteiger partial charge in [-0.3, -0.25) is 0 Å². The molecule has 1 rings (SSSR count). The van der Waals surface area contributed by atoms with Crippen molar-refractivity contribution in [3.8, 4) is 0 Å². The van der Waals surface area contributed by atoms with Gasteiger partial charge in [-0.25, -0.2) is 0 Å². The van der Waals surface area contributed by atoms with Crippen molar-refractivity contribution in [1.82, 2.24) is 0 Å². The lowest BCUT2D eigenvalue weighted by Gasteiger charge is -2.11. The van der Waals surface area contributed by atoms with Crippen LogP contribution in [0.25, 0.3) is 0 Å². The highest BCUT2D eigenvalue weighted by atomic mass is 79.9. The molecule has 1 unspecified atom stereocenters. The van der Waals surface area contributed by atoms with Gasteiger partial charge >= 0.3 is 0 Å². The molecule has 72 valence electrons. The van der Waals surface area contributed by atoms with Gasteiger partial charge in [-0.1, -0.05) is 42.3 Å². The smallest absolute Gasteiger partial charge is 0.0178 e. The van der Waals surface area contributed by atoms with E-state index in [1.807, 2.05) is 0 Å². The first-order valence-electron chi connectivity index (χ1n) is 4.88. The fourth-order valence-corrected chi connectivity index (χ4v) is 1.79. The molecule has 1 atom stereocenters. The zero-order chi connectivity index (χ0) is 9.84. The van der Waals surface area contributed by atoms with Crippen LogP contribution in [-0.4, -0.2) is 0 Å². The van der Waals surface area contributed by atoms with Crippen LogP contribution in [0.15, 0.2) is 22.7 Å². The quantitative estimate of drug-likeness (QED) is 0.738. The normalized spacial score (nSPS) is 12.9. The van der Waals surface area contributed by atoms with Gasteiger partial charge in [-0.2, -0.15) is 0 Å². The van der Waals surface area contributed by atoms with Gasteiger partial charge < -0.3 is 0 Å². The van der Waals surface area contributed by atoms with Crippen molar-refractivity contribution in [3.05, 3.63) is 33.8 Å². The van der Waals surface area contributed by atoms with Crippen LogP contribution in [-0.2, 0) is 6.42 Å². The lowest BCUT2D eigenvalue weighted by atomic mass is 9.96. The van der Waals surface area contributed by atoms with Crippen LogP contribution in [0.4, 0.5) is 0 Å². The minimum Gasteiger partial charge on any atom is -0.0651 e. The second-order valence-corrected chi connectivity index (χ2v) is 4.70. The SMILES string of the molecule is CCC(C)Cc1cc(Br)ccc1C. The van der Waals surface area contributed by atoms with Gasteiger partial charge in [0.15, 0.2) is 0 Å². The third-order valence-electron chi connectivity index (χ3n) is 2.58. The minimum absolute atomic E-state index is 0.785. The Kier molecular flexibility index (Phi) is 3.98. The summed E-state index contributed by atoms with van der Waals surface area (Å²) in [6.07, 6.45) is 2.45. The van der Waals surface area contributed by atoms with E-state index < -0.39 is 0 Å². The molecule has 0 spiro atoms. The molecule has 1 aromatic carbocycles. The van der Waals surface area contributed by atoms with E-state index in [1.54, 1.807) is 0 Å². The molecule has 0 N–H and O–H groups in total. The summed E-state index contributed by atoms with van der Waals surface area (Å²) in [5.74, 6) is 0.785. The van der Waals surface area contributed by atoms with Crippen LogP contribution in [0.5, 0.6) is 0 Å². The van der Waals surface area contributed by atoms with Gasteiger partial charge in [0.25, 0.3) is 0 Å². The van der Waals surface area contributed by atoms with Crippen LogP contribution < -0.4 is 0 Å². The molecule has 0 radical (unpaired) electrons. The standard InChI is InChI=1S/C12H17Br/c1-4-9(2)7-11-8-12(13)6-5-10(11)3/h5-6,8-9H,4,7H2,1-3H3. The highest BCUT2D eigenvalue weighted by Gasteiger charge is 2.04. The number of halogens is 1. The second-order valence-electron chi connectivity index (χ2n) is 3.79. The van der Waals surface area contributed by atoms with Crippen molar-refractivity contribution in [2.75, 3.05) is 0 Å². The predicted octanol–water partition coefficient (Wildman–Crippen LogP) is 4.35. The lowest BCUT2D eigenvalue weighted by molar-refractivity contribution is 0.558. The molecule has 13 heavy (non-hydrogen) atoms. The highest BCUT2D eigenvalue weighted by molar-refractivity contribution is 9.10. The molecule has 0 saturated heterocycles. The summed E-state index contributed by atoms with van der Waals surface area (Å²) in [5, 5.41) is 0. The Balaban J connectivity index is 2.81. The van der Waals surface area contributed by atoms with Gasteiger partial charge in [0.05, 0.1) is 0 Å². The maximum atomic E-state index is 3.51. The summed E-state index contributed by atoms with van der Waals surface area (Å²) in [4.78, 5) is 0. The summed E-state index contributed by atoms with van der Waals surface area (Å²) in [6, 6.07) is 6.53. The molecule has 0 heterocycles. The average molecular weight is 241 g/mol. The van der Waals surface area contributed by atoms with E-state index in [4.69, 9.17) is 0 Å². The predicted molar refractivity (Wildman–Crippen MR) is 62.0 cm³/mol. The van der Waals surface area contributed by atoms with E-state index in [-0.39, 0.29) is 0 Å². The summed E-state index contributed by atoms with van der Waals surface area (Å²) in [7, 11) is 0. The highest BCUT2D eigenvalue weighted by Crippen LogP contribution is 2.20. The maximum Gasteiger partial charge on any atom is 0.0178 e. The molecule has 0 nitrogen and oxygen atoms in total. The van der Waals surface area contributed by atoms with Gasteiger partial charge in [0.2, 0.25) is 0 Å². The molecule has 0 amide bonds. The molecule has 0 aliphatic rings. The minimum atomic E-state index is 0.785. The first-order valence-corrected chi connectivity index (χ1v) is 5.67. The van der Waals surface area contributed by atoms with E-state index in [1.165, 1.54) is 28.4 Å². The van der Waals surface area contributed by atoms with Crippen LogP contribution >= 0.6 is 15.9 Å². The molecule has 0 aromatic heterocycles. The van der Waals surface area contributed by atoms with Gasteiger partial charge in [-0.05, 0) is 42.5 Å². The van der Waals surface area contributed by atoms with Gasteiger partial charge in [-0.15, -0.1) is 0 Å². The average Bonchev–Trinajstić information content (AvgIpc) is 2.11. The molecule has 0 aliphatic heterocycles. The van der Waals surface area contributed by atoms with Crippen molar-refractivity contribution >= 4 is 15.9 Å². The Morgan fingerprint density at radius 1 is 1.38 bits per heavy atom. The topological polar surface area (TPSA) is 0 Å². The molecular weight excluding hydrogens is 224 g/mol. The van der Waals surface area contributed by atoms with E-state index in [0.29, 0.717) is 0 Å². The lowest BCUT2D eigenvalue weighted by Crippen LogP contribution is -1.99. The molecule has 0 bridgehead atoms. The largest absolute Gasteiger partial charge is 0.0651 e. The Labute approximate surface area is 89.5 Å². The maximum absolute atomic E-state index is 3.51. The van der Waals surface area contributed by atoms with Crippen molar-refractivity contribution in [2.45, 2.75) is 33.6 Å². The fraction of sp³-hybridized carbons (Fsp3) is 0.500. The Hall–Kier alpha value is -0.300. The van der Waals surface area contributed by atoms with Crippen LogP contribution in [0.2, 0.25) is 0 Å². The van der Waals surface area contributed by atoms with E-state index >= 15 is 0 Å². The molecule has 0 saturated carbocycles. The van der Waals surface area contributed by atoms with Gasteiger partial charge in [0, 0.05) is 4.47 Å². The molecular formula is C12H17Br. The Morgan fingerprint density at radius 2 is 2.08 bits per heavy atom. The van der Waals surface area contributed by atoms with Crippen LogP contribution in [0, 0.1) is 12.8 Å². The fourth-order valence-electron chi connectivity index (χ4n) is 1.38.